The predicted molar refractivity (Wildman–Crippen MR) is 110 cm³/mol. The van der Waals surface area contributed by atoms with Crippen LogP contribution in [-0.2, 0) is 16.1 Å². The molecule has 6 heteroatoms. The van der Waals surface area contributed by atoms with Gasteiger partial charge in [-0.05, 0) is 80.9 Å². The molecule has 2 N–H and O–H groups in total. The summed E-state index contributed by atoms with van der Waals surface area (Å²) >= 11 is 0. The van der Waals surface area contributed by atoms with Gasteiger partial charge in [0.25, 0.3) is 0 Å². The molecule has 1 atom stereocenters. The summed E-state index contributed by atoms with van der Waals surface area (Å²) in [6.45, 7) is 2.14. The van der Waals surface area contributed by atoms with E-state index in [0.29, 0.717) is 35.8 Å². The first-order valence-electron chi connectivity index (χ1n) is 10.7. The number of ether oxygens (including phenoxy) is 2. The van der Waals surface area contributed by atoms with Gasteiger partial charge in [0.2, 0.25) is 11.8 Å². The number of hydrogen-bond donors (Lipinski definition) is 2. The molecule has 6 nitrogen and oxygen atoms in total. The van der Waals surface area contributed by atoms with E-state index in [9.17, 15) is 9.59 Å². The second kappa shape index (κ2) is 7.88. The van der Waals surface area contributed by atoms with E-state index in [0.717, 1.165) is 24.8 Å². The Bertz CT molecular complexity index is 756. The molecule has 29 heavy (non-hydrogen) atoms. The van der Waals surface area contributed by atoms with Gasteiger partial charge in [0.05, 0.1) is 14.2 Å². The molecule has 0 aromatic heterocycles. The fourth-order valence-electron chi connectivity index (χ4n) is 6.14. The third kappa shape index (κ3) is 3.94. The van der Waals surface area contributed by atoms with E-state index in [-0.39, 0.29) is 17.2 Å². The highest BCUT2D eigenvalue weighted by Gasteiger charge is 2.54. The Morgan fingerprint density at radius 1 is 1.03 bits per heavy atom. The van der Waals surface area contributed by atoms with E-state index in [2.05, 4.69) is 10.6 Å². The molecule has 2 amide bonds. The monoisotopic (exact) mass is 400 g/mol. The molecule has 0 heterocycles. The summed E-state index contributed by atoms with van der Waals surface area (Å²) in [5, 5.41) is 5.93. The summed E-state index contributed by atoms with van der Waals surface area (Å²) in [6.07, 6.45) is 6.91. The lowest BCUT2D eigenvalue weighted by atomic mass is 9.49. The minimum Gasteiger partial charge on any atom is -0.493 e. The molecule has 4 saturated carbocycles. The van der Waals surface area contributed by atoms with Crippen molar-refractivity contribution in [3.05, 3.63) is 23.8 Å². The predicted octanol–water partition coefficient (Wildman–Crippen LogP) is 3.04. The van der Waals surface area contributed by atoms with Crippen LogP contribution in [0.1, 0.15) is 51.0 Å². The zero-order valence-electron chi connectivity index (χ0n) is 17.6. The van der Waals surface area contributed by atoms with E-state index in [1.54, 1.807) is 21.1 Å². The lowest BCUT2D eigenvalue weighted by molar-refractivity contribution is -0.148. The van der Waals surface area contributed by atoms with Gasteiger partial charge in [-0.15, -0.1) is 0 Å². The fraction of sp³-hybridized carbons (Fsp3) is 0.652. The lowest BCUT2D eigenvalue weighted by Crippen LogP contribution is -2.56. The van der Waals surface area contributed by atoms with Gasteiger partial charge < -0.3 is 20.1 Å². The maximum Gasteiger partial charge on any atom is 0.242 e. The summed E-state index contributed by atoms with van der Waals surface area (Å²) < 4.78 is 10.5. The Balaban J connectivity index is 1.32. The van der Waals surface area contributed by atoms with Crippen LogP contribution in [0.15, 0.2) is 18.2 Å². The standard InChI is InChI=1S/C23H32N2O4/c1-14(21(26)24-13-15-4-5-19(28-2)20(9-15)29-3)25-22(27)23-10-16-6-17(11-23)8-18(7-16)12-23/h4-5,9,14,16-18H,6-8,10-13H2,1-3H3,(H,24,26)(H,25,27)/t14-,16?,17?,18?,23?/m0/s1. The Morgan fingerprint density at radius 2 is 1.62 bits per heavy atom. The number of nitrogens with one attached hydrogen (secondary N) is 2. The molecule has 1 aromatic carbocycles. The third-order valence-electron chi connectivity index (χ3n) is 7.18. The van der Waals surface area contributed by atoms with E-state index in [1.807, 2.05) is 18.2 Å². The van der Waals surface area contributed by atoms with Crippen molar-refractivity contribution < 1.29 is 19.1 Å². The van der Waals surface area contributed by atoms with E-state index >= 15 is 0 Å². The van der Waals surface area contributed by atoms with Crippen LogP contribution in [0.5, 0.6) is 11.5 Å². The molecule has 0 unspecified atom stereocenters. The largest absolute Gasteiger partial charge is 0.493 e. The van der Waals surface area contributed by atoms with Crippen molar-refractivity contribution in [3.63, 3.8) is 0 Å². The summed E-state index contributed by atoms with van der Waals surface area (Å²) in [6, 6.07) is 5.01. The Morgan fingerprint density at radius 3 is 2.17 bits per heavy atom. The highest BCUT2D eigenvalue weighted by atomic mass is 16.5. The highest BCUT2D eigenvalue weighted by Crippen LogP contribution is 2.60. The Kier molecular flexibility index (Phi) is 5.45. The number of benzene rings is 1. The number of amides is 2. The van der Waals surface area contributed by atoms with Gasteiger partial charge in [-0.3, -0.25) is 9.59 Å². The first kappa shape index (κ1) is 20.0. The molecule has 0 spiro atoms. The van der Waals surface area contributed by atoms with Crippen molar-refractivity contribution in [1.82, 2.24) is 10.6 Å². The molecule has 4 bridgehead atoms. The number of rotatable bonds is 7. The van der Waals surface area contributed by atoms with Gasteiger partial charge in [-0.25, -0.2) is 0 Å². The van der Waals surface area contributed by atoms with Gasteiger partial charge in [-0.2, -0.15) is 0 Å². The summed E-state index contributed by atoms with van der Waals surface area (Å²) in [5.41, 5.74) is 0.683. The van der Waals surface area contributed by atoms with Gasteiger partial charge in [0.15, 0.2) is 11.5 Å². The number of carbonyl (C=O) groups is 2. The van der Waals surface area contributed by atoms with E-state index < -0.39 is 6.04 Å². The van der Waals surface area contributed by atoms with Gasteiger partial charge in [-0.1, -0.05) is 6.07 Å². The maximum absolute atomic E-state index is 13.1. The minimum absolute atomic E-state index is 0.0883. The molecule has 0 radical (unpaired) electrons. The van der Waals surface area contributed by atoms with E-state index in [4.69, 9.17) is 9.47 Å². The second-order valence-corrected chi connectivity index (χ2v) is 9.30. The highest BCUT2D eigenvalue weighted by molar-refractivity contribution is 5.90. The Hall–Kier alpha value is -2.24. The molecule has 5 rings (SSSR count). The van der Waals surface area contributed by atoms with Crippen molar-refractivity contribution in [1.29, 1.82) is 0 Å². The Labute approximate surface area is 172 Å². The summed E-state index contributed by atoms with van der Waals surface area (Å²) in [4.78, 5) is 25.7. The van der Waals surface area contributed by atoms with Crippen LogP contribution in [-0.4, -0.2) is 32.1 Å². The van der Waals surface area contributed by atoms with E-state index in [1.165, 1.54) is 19.3 Å². The molecule has 158 valence electrons. The van der Waals surface area contributed by atoms with Crippen LogP contribution in [0.25, 0.3) is 0 Å². The van der Waals surface area contributed by atoms with Crippen molar-refractivity contribution in [2.45, 2.75) is 58.0 Å². The maximum atomic E-state index is 13.1. The molecule has 4 fully saturated rings. The van der Waals surface area contributed by atoms with Gasteiger partial charge in [0.1, 0.15) is 6.04 Å². The van der Waals surface area contributed by atoms with Crippen LogP contribution in [0, 0.1) is 23.2 Å². The van der Waals surface area contributed by atoms with Crippen LogP contribution in [0.3, 0.4) is 0 Å². The first-order valence-corrected chi connectivity index (χ1v) is 10.7. The molecule has 0 aliphatic heterocycles. The molecule has 1 aromatic rings. The third-order valence-corrected chi connectivity index (χ3v) is 7.18. The number of methoxy groups -OCH3 is 2. The fourth-order valence-corrected chi connectivity index (χ4v) is 6.14. The summed E-state index contributed by atoms with van der Waals surface area (Å²) in [5.74, 6) is 3.33. The smallest absolute Gasteiger partial charge is 0.242 e. The minimum atomic E-state index is -0.546. The summed E-state index contributed by atoms with van der Waals surface area (Å²) in [7, 11) is 3.18. The van der Waals surface area contributed by atoms with Crippen molar-refractivity contribution in [2.24, 2.45) is 23.2 Å². The molecule has 0 saturated heterocycles. The zero-order valence-corrected chi connectivity index (χ0v) is 17.6. The number of carbonyl (C=O) groups excluding carboxylic acids is 2. The molecular weight excluding hydrogens is 368 g/mol. The molecular formula is C23H32N2O4. The number of hydrogen-bond acceptors (Lipinski definition) is 4. The van der Waals surface area contributed by atoms with Crippen LogP contribution < -0.4 is 20.1 Å². The average molecular weight is 401 g/mol. The van der Waals surface area contributed by atoms with Crippen LogP contribution in [0.4, 0.5) is 0 Å². The second-order valence-electron chi connectivity index (χ2n) is 9.30. The van der Waals surface area contributed by atoms with Gasteiger partial charge >= 0.3 is 0 Å². The van der Waals surface area contributed by atoms with Crippen molar-refractivity contribution in [3.8, 4) is 11.5 Å². The van der Waals surface area contributed by atoms with Gasteiger partial charge in [0, 0.05) is 12.0 Å². The van der Waals surface area contributed by atoms with Crippen LogP contribution >= 0.6 is 0 Å². The lowest BCUT2D eigenvalue weighted by Gasteiger charge is -2.55. The topological polar surface area (TPSA) is 76.7 Å². The van der Waals surface area contributed by atoms with Crippen molar-refractivity contribution in [2.75, 3.05) is 14.2 Å². The normalized spacial score (nSPS) is 30.5. The molecule has 4 aliphatic rings. The van der Waals surface area contributed by atoms with Crippen LogP contribution in [0.2, 0.25) is 0 Å². The quantitative estimate of drug-likeness (QED) is 0.738. The SMILES string of the molecule is COc1ccc(CNC(=O)[C@H](C)NC(=O)C23CC4CC(CC(C4)C2)C3)cc1OC. The molecule has 4 aliphatic carbocycles. The first-order chi connectivity index (χ1) is 13.9. The zero-order chi connectivity index (χ0) is 20.6. The van der Waals surface area contributed by atoms with Crippen molar-refractivity contribution >= 4 is 11.8 Å². The average Bonchev–Trinajstić information content (AvgIpc) is 2.70.